The number of hydrogen-bond donors (Lipinski definition) is 2. The predicted molar refractivity (Wildman–Crippen MR) is 106 cm³/mol. The van der Waals surface area contributed by atoms with Crippen LogP contribution in [0.3, 0.4) is 0 Å². The van der Waals surface area contributed by atoms with Gasteiger partial charge in [-0.2, -0.15) is 0 Å². The standard InChI is InChI=1S/C21H25N3O5/c1-2-12-29-21(28)23-11-10-22-18(25)14-8-9-16-17(13-14)20(27)24(19(16)26)15-6-4-3-5-7-15/h2,8-9,13,15H,1,3-7,10-12H2,(H,22,25)(H,23,28). The third kappa shape index (κ3) is 4.64. The molecule has 29 heavy (non-hydrogen) atoms. The number of benzene rings is 1. The van der Waals surface area contributed by atoms with E-state index in [1.165, 1.54) is 29.2 Å². The third-order valence-electron chi connectivity index (χ3n) is 5.13. The Labute approximate surface area is 169 Å². The molecule has 1 aromatic rings. The summed E-state index contributed by atoms with van der Waals surface area (Å²) in [6.07, 6.45) is 5.69. The van der Waals surface area contributed by atoms with Crippen LogP contribution in [-0.4, -0.2) is 54.5 Å². The van der Waals surface area contributed by atoms with Gasteiger partial charge in [0, 0.05) is 24.7 Å². The van der Waals surface area contributed by atoms with Gasteiger partial charge in [-0.25, -0.2) is 4.79 Å². The summed E-state index contributed by atoms with van der Waals surface area (Å²) in [4.78, 5) is 50.5. The Bertz CT molecular complexity index is 830. The number of nitrogens with zero attached hydrogens (tertiary/aromatic N) is 1. The van der Waals surface area contributed by atoms with Crippen LogP contribution in [0.2, 0.25) is 0 Å². The predicted octanol–water partition coefficient (Wildman–Crippen LogP) is 2.26. The van der Waals surface area contributed by atoms with E-state index in [4.69, 9.17) is 4.74 Å². The summed E-state index contributed by atoms with van der Waals surface area (Å²) in [6.45, 7) is 3.94. The van der Waals surface area contributed by atoms with E-state index < -0.39 is 6.09 Å². The number of amides is 4. The lowest BCUT2D eigenvalue weighted by Gasteiger charge is -2.29. The van der Waals surface area contributed by atoms with Crippen LogP contribution in [0.4, 0.5) is 4.79 Å². The average molecular weight is 399 g/mol. The first-order chi connectivity index (χ1) is 14.0. The summed E-state index contributed by atoms with van der Waals surface area (Å²) in [5, 5.41) is 5.15. The molecule has 0 aromatic heterocycles. The van der Waals surface area contributed by atoms with Gasteiger partial charge in [-0.15, -0.1) is 0 Å². The Morgan fingerprint density at radius 2 is 1.76 bits per heavy atom. The van der Waals surface area contributed by atoms with E-state index in [2.05, 4.69) is 17.2 Å². The fraction of sp³-hybridized carbons (Fsp3) is 0.429. The monoisotopic (exact) mass is 399 g/mol. The topological polar surface area (TPSA) is 105 Å². The van der Waals surface area contributed by atoms with E-state index >= 15 is 0 Å². The van der Waals surface area contributed by atoms with Crippen molar-refractivity contribution in [3.05, 3.63) is 47.5 Å². The zero-order valence-corrected chi connectivity index (χ0v) is 16.2. The second-order valence-corrected chi connectivity index (χ2v) is 7.10. The number of fused-ring (bicyclic) bond motifs is 1. The average Bonchev–Trinajstić information content (AvgIpc) is 2.99. The molecule has 8 nitrogen and oxygen atoms in total. The molecule has 2 N–H and O–H groups in total. The minimum absolute atomic E-state index is 0.0552. The number of rotatable bonds is 7. The maximum absolute atomic E-state index is 12.8. The number of hydrogen-bond acceptors (Lipinski definition) is 5. The Balaban J connectivity index is 1.58. The summed E-state index contributed by atoms with van der Waals surface area (Å²) < 4.78 is 4.76. The Kier molecular flexibility index (Phi) is 6.64. The van der Waals surface area contributed by atoms with Gasteiger partial charge in [0.15, 0.2) is 0 Å². The van der Waals surface area contributed by atoms with E-state index in [0.717, 1.165) is 32.1 Å². The van der Waals surface area contributed by atoms with Gasteiger partial charge in [0.05, 0.1) is 11.1 Å². The van der Waals surface area contributed by atoms with Crippen LogP contribution in [0.1, 0.15) is 63.2 Å². The molecule has 0 radical (unpaired) electrons. The summed E-state index contributed by atoms with van der Waals surface area (Å²) in [5.74, 6) is -0.977. The van der Waals surface area contributed by atoms with Crippen molar-refractivity contribution in [1.82, 2.24) is 15.5 Å². The molecule has 1 aliphatic heterocycles. The van der Waals surface area contributed by atoms with Crippen molar-refractivity contribution in [2.45, 2.75) is 38.1 Å². The summed E-state index contributed by atoms with van der Waals surface area (Å²) in [7, 11) is 0. The number of imide groups is 1. The molecule has 8 heteroatoms. The summed E-state index contributed by atoms with van der Waals surface area (Å²) >= 11 is 0. The minimum Gasteiger partial charge on any atom is -0.445 e. The van der Waals surface area contributed by atoms with Gasteiger partial charge in [0.25, 0.3) is 17.7 Å². The normalized spacial score (nSPS) is 16.3. The highest BCUT2D eigenvalue weighted by molar-refractivity contribution is 6.22. The van der Waals surface area contributed by atoms with Crippen molar-refractivity contribution in [2.24, 2.45) is 0 Å². The number of nitrogens with one attached hydrogen (secondary N) is 2. The molecule has 0 saturated heterocycles. The quantitative estimate of drug-likeness (QED) is 0.416. The number of alkyl carbamates (subject to hydrolysis) is 1. The highest BCUT2D eigenvalue weighted by Crippen LogP contribution is 2.31. The fourth-order valence-corrected chi connectivity index (χ4v) is 3.70. The maximum Gasteiger partial charge on any atom is 0.407 e. The molecule has 1 aromatic carbocycles. The van der Waals surface area contributed by atoms with E-state index in [1.54, 1.807) is 0 Å². The molecule has 0 atom stereocenters. The van der Waals surface area contributed by atoms with E-state index in [9.17, 15) is 19.2 Å². The zero-order chi connectivity index (χ0) is 20.8. The maximum atomic E-state index is 12.8. The summed E-state index contributed by atoms with van der Waals surface area (Å²) in [6, 6.07) is 4.49. The van der Waals surface area contributed by atoms with E-state index in [-0.39, 0.29) is 49.0 Å². The molecule has 0 spiro atoms. The fourth-order valence-electron chi connectivity index (χ4n) is 3.70. The lowest BCUT2D eigenvalue weighted by Crippen LogP contribution is -2.40. The van der Waals surface area contributed by atoms with Gasteiger partial charge in [-0.3, -0.25) is 19.3 Å². The number of carbonyl (C=O) groups excluding carboxylic acids is 4. The van der Waals surface area contributed by atoms with Gasteiger partial charge in [0.1, 0.15) is 6.61 Å². The second-order valence-electron chi connectivity index (χ2n) is 7.10. The molecule has 1 fully saturated rings. The number of ether oxygens (including phenoxy) is 1. The SMILES string of the molecule is C=CCOC(=O)NCCNC(=O)c1ccc2c(c1)C(=O)N(C1CCCCC1)C2=O. The van der Waals surface area contributed by atoms with Gasteiger partial charge in [-0.1, -0.05) is 31.9 Å². The molecule has 154 valence electrons. The van der Waals surface area contributed by atoms with Gasteiger partial charge in [0.2, 0.25) is 0 Å². The minimum atomic E-state index is -0.594. The van der Waals surface area contributed by atoms with Crippen molar-refractivity contribution in [3.8, 4) is 0 Å². The molecular weight excluding hydrogens is 374 g/mol. The van der Waals surface area contributed by atoms with E-state index in [1.807, 2.05) is 0 Å². The lowest BCUT2D eigenvalue weighted by molar-refractivity contribution is 0.0548. The van der Waals surface area contributed by atoms with Gasteiger partial charge >= 0.3 is 6.09 Å². The van der Waals surface area contributed by atoms with Crippen LogP contribution in [-0.2, 0) is 4.74 Å². The molecule has 0 bridgehead atoms. The van der Waals surface area contributed by atoms with Crippen molar-refractivity contribution < 1.29 is 23.9 Å². The highest BCUT2D eigenvalue weighted by atomic mass is 16.5. The molecule has 1 saturated carbocycles. The number of carbonyl (C=O) groups is 4. The first-order valence-corrected chi connectivity index (χ1v) is 9.84. The van der Waals surface area contributed by atoms with Crippen LogP contribution in [0, 0.1) is 0 Å². The van der Waals surface area contributed by atoms with Crippen LogP contribution < -0.4 is 10.6 Å². The van der Waals surface area contributed by atoms with Crippen LogP contribution >= 0.6 is 0 Å². The van der Waals surface area contributed by atoms with Crippen LogP contribution in [0.25, 0.3) is 0 Å². The first-order valence-electron chi connectivity index (χ1n) is 9.84. The second kappa shape index (κ2) is 9.36. The highest BCUT2D eigenvalue weighted by Gasteiger charge is 2.40. The molecule has 1 aliphatic carbocycles. The molecular formula is C21H25N3O5. The van der Waals surface area contributed by atoms with E-state index in [0.29, 0.717) is 11.1 Å². The molecule has 3 rings (SSSR count). The Hall–Kier alpha value is -3.16. The van der Waals surface area contributed by atoms with Crippen LogP contribution in [0.15, 0.2) is 30.9 Å². The largest absolute Gasteiger partial charge is 0.445 e. The summed E-state index contributed by atoms with van der Waals surface area (Å²) in [5.41, 5.74) is 0.924. The Morgan fingerprint density at radius 1 is 1.07 bits per heavy atom. The Morgan fingerprint density at radius 3 is 2.48 bits per heavy atom. The molecule has 2 aliphatic rings. The first kappa shape index (κ1) is 20.6. The smallest absolute Gasteiger partial charge is 0.407 e. The van der Waals surface area contributed by atoms with Crippen molar-refractivity contribution in [1.29, 1.82) is 0 Å². The molecule has 1 heterocycles. The molecule has 4 amide bonds. The van der Waals surface area contributed by atoms with Crippen molar-refractivity contribution in [3.63, 3.8) is 0 Å². The lowest BCUT2D eigenvalue weighted by atomic mass is 9.94. The van der Waals surface area contributed by atoms with Crippen molar-refractivity contribution in [2.75, 3.05) is 19.7 Å². The van der Waals surface area contributed by atoms with Crippen molar-refractivity contribution >= 4 is 23.8 Å². The molecule has 0 unspecified atom stereocenters. The van der Waals surface area contributed by atoms with Gasteiger partial charge in [-0.05, 0) is 31.0 Å². The van der Waals surface area contributed by atoms with Crippen LogP contribution in [0.5, 0.6) is 0 Å². The zero-order valence-electron chi connectivity index (χ0n) is 16.2. The van der Waals surface area contributed by atoms with Gasteiger partial charge < -0.3 is 15.4 Å². The third-order valence-corrected chi connectivity index (χ3v) is 5.13.